The van der Waals surface area contributed by atoms with Crippen LogP contribution in [0.15, 0.2) is 18.5 Å². The molecular formula is C15H24N4O. The molecule has 0 aromatic carbocycles. The maximum Gasteiger partial charge on any atom is 0.225 e. The van der Waals surface area contributed by atoms with Gasteiger partial charge < -0.3 is 10.2 Å². The van der Waals surface area contributed by atoms with E-state index in [1.165, 1.54) is 0 Å². The summed E-state index contributed by atoms with van der Waals surface area (Å²) in [5, 5.41) is 3.05. The Hall–Kier alpha value is -1.65. The van der Waals surface area contributed by atoms with E-state index in [0.717, 1.165) is 44.8 Å². The van der Waals surface area contributed by atoms with Gasteiger partial charge in [0.15, 0.2) is 0 Å². The second-order valence-electron chi connectivity index (χ2n) is 5.81. The summed E-state index contributed by atoms with van der Waals surface area (Å²) in [4.78, 5) is 22.8. The molecule has 1 aliphatic rings. The average molecular weight is 276 g/mol. The zero-order valence-electron chi connectivity index (χ0n) is 12.4. The highest BCUT2D eigenvalue weighted by molar-refractivity contribution is 5.79. The Morgan fingerprint density at radius 3 is 2.90 bits per heavy atom. The SMILES string of the molecule is CC(C)CCNC(=O)C1CCCN(c2ncccn2)C1. The lowest BCUT2D eigenvalue weighted by Gasteiger charge is -2.31. The highest BCUT2D eigenvalue weighted by atomic mass is 16.1. The first kappa shape index (κ1) is 14.8. The summed E-state index contributed by atoms with van der Waals surface area (Å²) in [5.74, 6) is 1.58. The molecule has 1 atom stereocenters. The molecule has 1 fully saturated rings. The maximum absolute atomic E-state index is 12.2. The third-order valence-corrected chi connectivity index (χ3v) is 3.65. The molecule has 0 bridgehead atoms. The number of nitrogens with zero attached hydrogens (tertiary/aromatic N) is 3. The van der Waals surface area contributed by atoms with Crippen LogP contribution in [0.25, 0.3) is 0 Å². The lowest BCUT2D eigenvalue weighted by Crippen LogP contribution is -2.44. The third-order valence-electron chi connectivity index (χ3n) is 3.65. The van der Waals surface area contributed by atoms with E-state index in [1.54, 1.807) is 12.4 Å². The third kappa shape index (κ3) is 4.18. The van der Waals surface area contributed by atoms with E-state index in [1.807, 2.05) is 6.07 Å². The van der Waals surface area contributed by atoms with Crippen LogP contribution in [-0.2, 0) is 4.79 Å². The van der Waals surface area contributed by atoms with Crippen LogP contribution in [0, 0.1) is 11.8 Å². The van der Waals surface area contributed by atoms with Gasteiger partial charge in [0, 0.05) is 32.0 Å². The van der Waals surface area contributed by atoms with Gasteiger partial charge in [0.25, 0.3) is 0 Å². The van der Waals surface area contributed by atoms with Gasteiger partial charge in [-0.15, -0.1) is 0 Å². The van der Waals surface area contributed by atoms with Crippen molar-refractivity contribution < 1.29 is 4.79 Å². The fourth-order valence-corrected chi connectivity index (χ4v) is 2.46. The first-order valence-electron chi connectivity index (χ1n) is 7.46. The molecule has 110 valence electrons. The van der Waals surface area contributed by atoms with Crippen molar-refractivity contribution >= 4 is 11.9 Å². The molecule has 1 amide bonds. The fraction of sp³-hybridized carbons (Fsp3) is 0.667. The standard InChI is InChI=1S/C15H24N4O/c1-12(2)6-9-16-14(20)13-5-3-10-19(11-13)15-17-7-4-8-18-15/h4,7-8,12-13H,3,5-6,9-11H2,1-2H3,(H,16,20). The first-order valence-corrected chi connectivity index (χ1v) is 7.46. The molecule has 2 heterocycles. The van der Waals surface area contributed by atoms with E-state index < -0.39 is 0 Å². The second kappa shape index (κ2) is 7.22. The van der Waals surface area contributed by atoms with Crippen molar-refractivity contribution in [2.45, 2.75) is 33.1 Å². The van der Waals surface area contributed by atoms with Gasteiger partial charge in [-0.25, -0.2) is 9.97 Å². The Bertz CT molecular complexity index is 421. The molecule has 0 saturated carbocycles. The van der Waals surface area contributed by atoms with Crippen LogP contribution in [0.4, 0.5) is 5.95 Å². The average Bonchev–Trinajstić information content (AvgIpc) is 2.48. The zero-order chi connectivity index (χ0) is 14.4. The molecule has 1 aromatic rings. The summed E-state index contributed by atoms with van der Waals surface area (Å²) >= 11 is 0. The lowest BCUT2D eigenvalue weighted by molar-refractivity contribution is -0.125. The molecule has 1 aliphatic heterocycles. The van der Waals surface area contributed by atoms with Gasteiger partial charge in [-0.1, -0.05) is 13.8 Å². The quantitative estimate of drug-likeness (QED) is 0.891. The van der Waals surface area contributed by atoms with Crippen molar-refractivity contribution in [2.24, 2.45) is 11.8 Å². The summed E-state index contributed by atoms with van der Waals surface area (Å²) in [5.41, 5.74) is 0. The molecule has 1 saturated heterocycles. The number of anilines is 1. The predicted octanol–water partition coefficient (Wildman–Crippen LogP) is 1.86. The van der Waals surface area contributed by atoms with Gasteiger partial charge in [0.1, 0.15) is 0 Å². The van der Waals surface area contributed by atoms with Gasteiger partial charge in [-0.2, -0.15) is 0 Å². The monoisotopic (exact) mass is 276 g/mol. The van der Waals surface area contributed by atoms with Gasteiger partial charge in [-0.3, -0.25) is 4.79 Å². The minimum absolute atomic E-state index is 0.0553. The number of aromatic nitrogens is 2. The van der Waals surface area contributed by atoms with E-state index in [0.29, 0.717) is 5.92 Å². The van der Waals surface area contributed by atoms with E-state index in [4.69, 9.17) is 0 Å². The number of carbonyl (C=O) groups excluding carboxylic acids is 1. The van der Waals surface area contributed by atoms with Gasteiger partial charge in [0.2, 0.25) is 11.9 Å². The van der Waals surface area contributed by atoms with E-state index in [9.17, 15) is 4.79 Å². The largest absolute Gasteiger partial charge is 0.356 e. The van der Waals surface area contributed by atoms with Gasteiger partial charge in [-0.05, 0) is 31.2 Å². The van der Waals surface area contributed by atoms with Crippen molar-refractivity contribution in [3.63, 3.8) is 0 Å². The van der Waals surface area contributed by atoms with Crippen LogP contribution in [0.1, 0.15) is 33.1 Å². The molecule has 0 aliphatic carbocycles. The van der Waals surface area contributed by atoms with Crippen molar-refractivity contribution in [3.05, 3.63) is 18.5 Å². The second-order valence-corrected chi connectivity index (χ2v) is 5.81. The van der Waals surface area contributed by atoms with Crippen molar-refractivity contribution in [1.82, 2.24) is 15.3 Å². The van der Waals surface area contributed by atoms with Crippen LogP contribution in [0.2, 0.25) is 0 Å². The Morgan fingerprint density at radius 1 is 1.45 bits per heavy atom. The van der Waals surface area contributed by atoms with E-state index >= 15 is 0 Å². The van der Waals surface area contributed by atoms with Crippen molar-refractivity contribution in [1.29, 1.82) is 0 Å². The summed E-state index contributed by atoms with van der Waals surface area (Å²) in [7, 11) is 0. The maximum atomic E-state index is 12.2. The number of carbonyl (C=O) groups is 1. The Kier molecular flexibility index (Phi) is 5.32. The van der Waals surface area contributed by atoms with Crippen molar-refractivity contribution in [2.75, 3.05) is 24.5 Å². The highest BCUT2D eigenvalue weighted by Gasteiger charge is 2.26. The molecule has 5 heteroatoms. The molecular weight excluding hydrogens is 252 g/mol. The highest BCUT2D eigenvalue weighted by Crippen LogP contribution is 2.20. The molecule has 1 N–H and O–H groups in total. The molecule has 5 nitrogen and oxygen atoms in total. The minimum Gasteiger partial charge on any atom is -0.356 e. The topological polar surface area (TPSA) is 58.1 Å². The number of nitrogens with one attached hydrogen (secondary N) is 1. The minimum atomic E-state index is 0.0553. The fourth-order valence-electron chi connectivity index (χ4n) is 2.46. The molecule has 0 spiro atoms. The molecule has 0 radical (unpaired) electrons. The first-order chi connectivity index (χ1) is 9.66. The molecule has 1 aromatic heterocycles. The summed E-state index contributed by atoms with van der Waals surface area (Å²) in [6.45, 7) is 6.76. The van der Waals surface area contributed by atoms with Crippen LogP contribution in [0.3, 0.4) is 0 Å². The smallest absolute Gasteiger partial charge is 0.225 e. The summed E-state index contributed by atoms with van der Waals surface area (Å²) in [6, 6.07) is 1.81. The normalized spacial score (nSPS) is 19.1. The van der Waals surface area contributed by atoms with E-state index in [2.05, 4.69) is 34.0 Å². The number of rotatable bonds is 5. The van der Waals surface area contributed by atoms with Crippen molar-refractivity contribution in [3.8, 4) is 0 Å². The number of hydrogen-bond acceptors (Lipinski definition) is 4. The molecule has 1 unspecified atom stereocenters. The Morgan fingerprint density at radius 2 is 2.20 bits per heavy atom. The zero-order valence-corrected chi connectivity index (χ0v) is 12.4. The predicted molar refractivity (Wildman–Crippen MR) is 79.4 cm³/mol. The lowest BCUT2D eigenvalue weighted by atomic mass is 9.97. The van der Waals surface area contributed by atoms with Crippen LogP contribution in [-0.4, -0.2) is 35.5 Å². The van der Waals surface area contributed by atoms with Crippen LogP contribution in [0.5, 0.6) is 0 Å². The van der Waals surface area contributed by atoms with Crippen LogP contribution < -0.4 is 10.2 Å². The summed E-state index contributed by atoms with van der Waals surface area (Å²) in [6.07, 6.45) is 6.49. The van der Waals surface area contributed by atoms with Crippen LogP contribution >= 0.6 is 0 Å². The number of amides is 1. The van der Waals surface area contributed by atoms with Gasteiger partial charge in [0.05, 0.1) is 5.92 Å². The van der Waals surface area contributed by atoms with E-state index in [-0.39, 0.29) is 11.8 Å². The Labute approximate surface area is 120 Å². The Balaban J connectivity index is 1.85. The number of piperidine rings is 1. The molecule has 20 heavy (non-hydrogen) atoms. The van der Waals surface area contributed by atoms with Gasteiger partial charge >= 0.3 is 0 Å². The number of hydrogen-bond donors (Lipinski definition) is 1. The summed E-state index contributed by atoms with van der Waals surface area (Å²) < 4.78 is 0. The molecule has 2 rings (SSSR count).